The minimum absolute atomic E-state index is 0.108. The van der Waals surface area contributed by atoms with Gasteiger partial charge in [0, 0.05) is 46.2 Å². The van der Waals surface area contributed by atoms with Crippen LogP contribution in [0.2, 0.25) is 0 Å². The van der Waals surface area contributed by atoms with Gasteiger partial charge < -0.3 is 4.74 Å². The van der Waals surface area contributed by atoms with Crippen LogP contribution in [0.4, 0.5) is 4.79 Å². The van der Waals surface area contributed by atoms with Gasteiger partial charge in [-0.1, -0.05) is 0 Å². The third kappa shape index (κ3) is 4.91. The van der Waals surface area contributed by atoms with Crippen LogP contribution in [0.25, 0.3) is 0 Å². The average molecular weight is 622 g/mol. The fourth-order valence-corrected chi connectivity index (χ4v) is 10.8. The standard InChI is InChI=1S/C14H17NO3S.C10H10OS.C9H8OS/c1-14(2,3)18-13(17)15-11(16)7-8-6-10-9(12(8)15)4-5-19-10;11-7-3-6-4-10-8(1-2-12-10)9(6)5-7;10-7-3-5-4-8-6(9(5)7)1-2-11-8/h4-5,8,12H,6-7H2,1-3H3;1-2,6,9H,3-5H2;1-2,5,9H,3-4H2. The monoisotopic (exact) mass is 621 g/mol. The van der Waals surface area contributed by atoms with Gasteiger partial charge in [0.2, 0.25) is 5.91 Å². The summed E-state index contributed by atoms with van der Waals surface area (Å²) < 4.78 is 5.36. The number of ether oxygens (including phenoxy) is 1. The van der Waals surface area contributed by atoms with Crippen LogP contribution in [0.15, 0.2) is 34.3 Å². The summed E-state index contributed by atoms with van der Waals surface area (Å²) in [6.45, 7) is 5.44. The molecule has 0 bridgehead atoms. The molecule has 2 amide bonds. The Hall–Kier alpha value is -2.62. The molecule has 0 spiro atoms. The molecular weight excluding hydrogens is 587 g/mol. The van der Waals surface area contributed by atoms with Gasteiger partial charge in [-0.3, -0.25) is 14.4 Å². The lowest BCUT2D eigenvalue weighted by Gasteiger charge is -2.28. The number of rotatable bonds is 0. The first-order chi connectivity index (χ1) is 20.1. The fraction of sp³-hybridized carbons (Fsp3) is 0.515. The summed E-state index contributed by atoms with van der Waals surface area (Å²) in [7, 11) is 0. The minimum atomic E-state index is -0.578. The summed E-state index contributed by atoms with van der Waals surface area (Å²) in [4.78, 5) is 52.3. The summed E-state index contributed by atoms with van der Waals surface area (Å²) in [5.74, 6) is 3.33. The topological polar surface area (TPSA) is 80.8 Å². The summed E-state index contributed by atoms with van der Waals surface area (Å²) in [5.41, 5.74) is 3.38. The van der Waals surface area contributed by atoms with Gasteiger partial charge in [-0.05, 0) is 115 Å². The number of carbonyl (C=O) groups excluding carboxylic acids is 4. The SMILES string of the molecule is CC(C)(C)OC(=O)N1C(=O)CC2Cc3sccc3C21.O=C1CC2Cc3sccc3C12.O=C1CC2Cc3sccc3C2C1. The van der Waals surface area contributed by atoms with Crippen molar-refractivity contribution in [3.63, 3.8) is 0 Å². The van der Waals surface area contributed by atoms with Crippen molar-refractivity contribution in [2.45, 2.75) is 89.2 Å². The summed E-state index contributed by atoms with van der Waals surface area (Å²) in [6.07, 6.45) is 5.68. The Balaban J connectivity index is 0.000000108. The van der Waals surface area contributed by atoms with Crippen molar-refractivity contribution in [3.05, 3.63) is 65.7 Å². The highest BCUT2D eigenvalue weighted by Gasteiger charge is 2.50. The van der Waals surface area contributed by atoms with Gasteiger partial charge in [-0.15, -0.1) is 34.0 Å². The molecule has 0 radical (unpaired) electrons. The van der Waals surface area contributed by atoms with E-state index in [1.165, 1.54) is 43.5 Å². The van der Waals surface area contributed by atoms with Crippen LogP contribution in [0, 0.1) is 17.8 Å². The molecule has 3 aromatic heterocycles. The van der Waals surface area contributed by atoms with E-state index in [1.54, 1.807) is 11.3 Å². The number of nitrogens with zero attached hydrogens (tertiary/aromatic N) is 1. The second-order valence-electron chi connectivity index (χ2n) is 13.4. The molecule has 5 aliphatic carbocycles. The van der Waals surface area contributed by atoms with E-state index in [0.717, 1.165) is 31.2 Å². The van der Waals surface area contributed by atoms with E-state index in [-0.39, 0.29) is 17.9 Å². The van der Waals surface area contributed by atoms with Crippen molar-refractivity contribution < 1.29 is 23.9 Å². The predicted molar refractivity (Wildman–Crippen MR) is 164 cm³/mol. The van der Waals surface area contributed by atoms with Crippen molar-refractivity contribution in [3.8, 4) is 0 Å². The van der Waals surface area contributed by atoms with E-state index < -0.39 is 11.7 Å². The highest BCUT2D eigenvalue weighted by Crippen LogP contribution is 2.51. The van der Waals surface area contributed by atoms with Crippen molar-refractivity contribution in [2.24, 2.45) is 17.8 Å². The van der Waals surface area contributed by atoms with Gasteiger partial charge in [-0.25, -0.2) is 9.69 Å². The number of likely N-dealkylation sites (tertiary alicyclic amines) is 1. The Kier molecular flexibility index (Phi) is 7.06. The van der Waals surface area contributed by atoms with E-state index in [0.29, 0.717) is 41.7 Å². The molecule has 6 aliphatic rings. The Bertz CT molecular complexity index is 1570. The van der Waals surface area contributed by atoms with E-state index in [1.807, 2.05) is 54.9 Å². The Morgan fingerprint density at radius 3 is 2.02 bits per heavy atom. The first-order valence-corrected chi connectivity index (χ1v) is 17.5. The zero-order valence-corrected chi connectivity index (χ0v) is 26.5. The molecule has 9 heteroatoms. The number of imide groups is 1. The maximum Gasteiger partial charge on any atom is 0.417 e. The van der Waals surface area contributed by atoms with Crippen LogP contribution in [-0.4, -0.2) is 34.1 Å². The molecule has 0 N–H and O–H groups in total. The van der Waals surface area contributed by atoms with E-state index in [9.17, 15) is 19.2 Å². The normalized spacial score (nSPS) is 29.3. The quantitative estimate of drug-likeness (QED) is 0.260. The van der Waals surface area contributed by atoms with Crippen LogP contribution in [0.3, 0.4) is 0 Å². The summed E-state index contributed by atoms with van der Waals surface area (Å²) >= 11 is 5.37. The number of ketones is 2. The Morgan fingerprint density at radius 1 is 0.738 bits per heavy atom. The summed E-state index contributed by atoms with van der Waals surface area (Å²) in [6, 6.07) is 6.26. The van der Waals surface area contributed by atoms with Gasteiger partial charge in [0.05, 0.1) is 6.04 Å². The number of amides is 2. The molecular formula is C33H35NO5S3. The van der Waals surface area contributed by atoms with Crippen LogP contribution in [0.1, 0.15) is 95.7 Å². The Labute approximate surface area is 258 Å². The predicted octanol–water partition coefficient (Wildman–Crippen LogP) is 7.47. The number of carbonyl (C=O) groups is 4. The van der Waals surface area contributed by atoms with Crippen molar-refractivity contribution >= 4 is 57.6 Å². The maximum absolute atomic E-state index is 12.2. The van der Waals surface area contributed by atoms with Gasteiger partial charge in [0.15, 0.2) is 0 Å². The lowest BCUT2D eigenvalue weighted by molar-refractivity contribution is -0.129. The number of fused-ring (bicyclic) bond motifs is 9. The number of hydrogen-bond donors (Lipinski definition) is 0. The lowest BCUT2D eigenvalue weighted by Crippen LogP contribution is -2.39. The zero-order chi connectivity index (χ0) is 29.3. The van der Waals surface area contributed by atoms with E-state index in [2.05, 4.69) is 22.9 Å². The first kappa shape index (κ1) is 28.2. The van der Waals surface area contributed by atoms with Gasteiger partial charge in [0.25, 0.3) is 0 Å². The second-order valence-corrected chi connectivity index (χ2v) is 16.4. The molecule has 1 aliphatic heterocycles. The van der Waals surface area contributed by atoms with Gasteiger partial charge in [-0.2, -0.15) is 0 Å². The molecule has 2 saturated carbocycles. The Morgan fingerprint density at radius 2 is 1.33 bits per heavy atom. The maximum atomic E-state index is 12.2. The molecule has 0 aromatic carbocycles. The molecule has 220 valence electrons. The van der Waals surface area contributed by atoms with E-state index >= 15 is 0 Å². The molecule has 3 aromatic rings. The van der Waals surface area contributed by atoms with Crippen LogP contribution in [-0.2, 0) is 38.4 Å². The molecule has 9 rings (SSSR count). The molecule has 4 heterocycles. The zero-order valence-electron chi connectivity index (χ0n) is 24.1. The molecule has 42 heavy (non-hydrogen) atoms. The lowest BCUT2D eigenvalue weighted by atomic mass is 9.73. The highest BCUT2D eigenvalue weighted by molar-refractivity contribution is 7.10. The number of thiophene rings is 3. The average Bonchev–Trinajstić information content (AvgIpc) is 3.70. The molecule has 3 fully saturated rings. The van der Waals surface area contributed by atoms with Crippen molar-refractivity contribution in [2.75, 3.05) is 0 Å². The van der Waals surface area contributed by atoms with Gasteiger partial charge >= 0.3 is 6.09 Å². The third-order valence-corrected chi connectivity index (χ3v) is 12.4. The molecule has 6 unspecified atom stereocenters. The smallest absolute Gasteiger partial charge is 0.417 e. The van der Waals surface area contributed by atoms with Crippen LogP contribution < -0.4 is 0 Å². The van der Waals surface area contributed by atoms with E-state index in [4.69, 9.17) is 4.74 Å². The number of hydrogen-bond acceptors (Lipinski definition) is 8. The number of Topliss-reactive ketones (excluding diaryl/α,β-unsaturated/α-hetero) is 2. The largest absolute Gasteiger partial charge is 0.443 e. The molecule has 6 nitrogen and oxygen atoms in total. The third-order valence-electron chi connectivity index (χ3n) is 9.54. The minimum Gasteiger partial charge on any atom is -0.443 e. The second kappa shape index (κ2) is 10.5. The molecule has 1 saturated heterocycles. The molecule has 6 atom stereocenters. The van der Waals surface area contributed by atoms with Gasteiger partial charge in [0.1, 0.15) is 17.2 Å². The van der Waals surface area contributed by atoms with Crippen molar-refractivity contribution in [1.29, 1.82) is 0 Å². The van der Waals surface area contributed by atoms with Crippen LogP contribution in [0.5, 0.6) is 0 Å². The van der Waals surface area contributed by atoms with Crippen molar-refractivity contribution in [1.82, 2.24) is 4.90 Å². The first-order valence-electron chi connectivity index (χ1n) is 14.9. The fourth-order valence-electron chi connectivity index (χ4n) is 7.77. The van der Waals surface area contributed by atoms with Crippen LogP contribution >= 0.6 is 34.0 Å². The summed E-state index contributed by atoms with van der Waals surface area (Å²) in [5, 5.41) is 6.28. The highest BCUT2D eigenvalue weighted by atomic mass is 32.1.